The summed E-state index contributed by atoms with van der Waals surface area (Å²) in [5, 5.41) is 22.1. The lowest BCUT2D eigenvalue weighted by molar-refractivity contribution is 0.0697. The van der Waals surface area contributed by atoms with Gasteiger partial charge in [-0.2, -0.15) is 0 Å². The number of amides is 2. The Bertz CT molecular complexity index is 782. The summed E-state index contributed by atoms with van der Waals surface area (Å²) in [4.78, 5) is 26.4. The number of aromatic hydroxyl groups is 2. The lowest BCUT2D eigenvalue weighted by Crippen LogP contribution is -2.46. The zero-order valence-corrected chi connectivity index (χ0v) is 13.7. The Kier molecular flexibility index (Phi) is 4.88. The Hall–Kier alpha value is -3.02. The van der Waals surface area contributed by atoms with Gasteiger partial charge in [-0.05, 0) is 43.2 Å². The summed E-state index contributed by atoms with van der Waals surface area (Å²) < 4.78 is 0. The van der Waals surface area contributed by atoms with Gasteiger partial charge in [0.05, 0.1) is 5.56 Å². The highest BCUT2D eigenvalue weighted by Crippen LogP contribution is 2.19. The van der Waals surface area contributed by atoms with E-state index in [1.54, 1.807) is 35.2 Å². The van der Waals surface area contributed by atoms with Gasteiger partial charge >= 0.3 is 0 Å². The number of piperidine rings is 1. The van der Waals surface area contributed by atoms with Gasteiger partial charge in [0.25, 0.3) is 11.8 Å². The SMILES string of the molecule is O=C(NC1CCN(C(=O)c2cccc(O)c2)CC1)c1ccccc1O. The predicted molar refractivity (Wildman–Crippen MR) is 92.6 cm³/mol. The molecule has 2 aromatic carbocycles. The highest BCUT2D eigenvalue weighted by atomic mass is 16.3. The van der Waals surface area contributed by atoms with Crippen LogP contribution in [0.25, 0.3) is 0 Å². The molecule has 0 atom stereocenters. The molecule has 1 aliphatic heterocycles. The van der Waals surface area contributed by atoms with Gasteiger partial charge in [0.15, 0.2) is 0 Å². The van der Waals surface area contributed by atoms with Gasteiger partial charge in [-0.3, -0.25) is 9.59 Å². The second-order valence-electron chi connectivity index (χ2n) is 6.11. The highest BCUT2D eigenvalue weighted by Gasteiger charge is 2.25. The van der Waals surface area contributed by atoms with Crippen molar-refractivity contribution in [3.05, 3.63) is 59.7 Å². The molecule has 25 heavy (non-hydrogen) atoms. The lowest BCUT2D eigenvalue weighted by Gasteiger charge is -2.32. The molecule has 0 aliphatic carbocycles. The Morgan fingerprint density at radius 2 is 1.72 bits per heavy atom. The van der Waals surface area contributed by atoms with E-state index in [4.69, 9.17) is 0 Å². The van der Waals surface area contributed by atoms with Gasteiger partial charge in [-0.1, -0.05) is 18.2 Å². The fourth-order valence-electron chi connectivity index (χ4n) is 2.98. The minimum absolute atomic E-state index is 0.0414. The van der Waals surface area contributed by atoms with Crippen LogP contribution in [0.15, 0.2) is 48.5 Å². The van der Waals surface area contributed by atoms with Crippen LogP contribution in [0.4, 0.5) is 0 Å². The molecule has 0 saturated carbocycles. The van der Waals surface area contributed by atoms with Crippen molar-refractivity contribution in [3.63, 3.8) is 0 Å². The van der Waals surface area contributed by atoms with E-state index >= 15 is 0 Å². The monoisotopic (exact) mass is 340 g/mol. The van der Waals surface area contributed by atoms with Crippen molar-refractivity contribution in [2.45, 2.75) is 18.9 Å². The summed E-state index contributed by atoms with van der Waals surface area (Å²) in [5.41, 5.74) is 0.706. The Morgan fingerprint density at radius 3 is 2.40 bits per heavy atom. The molecule has 1 aliphatic rings. The second kappa shape index (κ2) is 7.25. The van der Waals surface area contributed by atoms with Crippen LogP contribution in [-0.2, 0) is 0 Å². The van der Waals surface area contributed by atoms with E-state index in [-0.39, 0.29) is 34.9 Å². The number of hydrogen-bond donors (Lipinski definition) is 3. The Labute approximate surface area is 145 Å². The van der Waals surface area contributed by atoms with Gasteiger partial charge in [0.1, 0.15) is 11.5 Å². The number of nitrogens with zero attached hydrogens (tertiary/aromatic N) is 1. The minimum Gasteiger partial charge on any atom is -0.508 e. The van der Waals surface area contributed by atoms with Gasteiger partial charge in [0.2, 0.25) is 0 Å². The molecule has 0 unspecified atom stereocenters. The molecule has 1 heterocycles. The first kappa shape index (κ1) is 16.8. The molecule has 6 heteroatoms. The first-order valence-corrected chi connectivity index (χ1v) is 8.22. The number of carbonyl (C=O) groups excluding carboxylic acids is 2. The molecular formula is C19H20N2O4. The fraction of sp³-hybridized carbons (Fsp3) is 0.263. The summed E-state index contributed by atoms with van der Waals surface area (Å²) in [5.74, 6) is -0.413. The van der Waals surface area contributed by atoms with E-state index < -0.39 is 0 Å². The smallest absolute Gasteiger partial charge is 0.255 e. The number of likely N-dealkylation sites (tertiary alicyclic amines) is 1. The van der Waals surface area contributed by atoms with Crippen LogP contribution in [0.1, 0.15) is 33.6 Å². The lowest BCUT2D eigenvalue weighted by atomic mass is 10.0. The number of nitrogens with one attached hydrogen (secondary N) is 1. The average Bonchev–Trinajstić information content (AvgIpc) is 2.62. The molecular weight excluding hydrogens is 320 g/mol. The number of phenols is 2. The third-order valence-corrected chi connectivity index (χ3v) is 4.36. The zero-order valence-electron chi connectivity index (χ0n) is 13.7. The van der Waals surface area contributed by atoms with Crippen molar-refractivity contribution in [2.24, 2.45) is 0 Å². The van der Waals surface area contributed by atoms with Crippen LogP contribution >= 0.6 is 0 Å². The molecule has 0 spiro atoms. The Balaban J connectivity index is 1.56. The predicted octanol–water partition coefficient (Wildman–Crippen LogP) is 2.13. The maximum atomic E-state index is 12.4. The number of rotatable bonds is 3. The zero-order chi connectivity index (χ0) is 17.8. The van der Waals surface area contributed by atoms with Crippen LogP contribution in [0.2, 0.25) is 0 Å². The van der Waals surface area contributed by atoms with Crippen molar-refractivity contribution < 1.29 is 19.8 Å². The maximum Gasteiger partial charge on any atom is 0.255 e. The van der Waals surface area contributed by atoms with Crippen molar-refractivity contribution >= 4 is 11.8 Å². The summed E-state index contributed by atoms with van der Waals surface area (Å²) in [6, 6.07) is 12.7. The minimum atomic E-state index is -0.309. The summed E-state index contributed by atoms with van der Waals surface area (Å²) in [7, 11) is 0. The number of para-hydroxylation sites is 1. The number of phenolic OH excluding ortho intramolecular Hbond substituents is 2. The van der Waals surface area contributed by atoms with E-state index in [2.05, 4.69) is 5.32 Å². The molecule has 1 fully saturated rings. The van der Waals surface area contributed by atoms with Crippen LogP contribution in [-0.4, -0.2) is 46.1 Å². The van der Waals surface area contributed by atoms with Crippen LogP contribution in [0.3, 0.4) is 0 Å². The normalized spacial score (nSPS) is 15.0. The quantitative estimate of drug-likeness (QED) is 0.798. The molecule has 0 radical (unpaired) electrons. The van der Waals surface area contributed by atoms with E-state index in [1.165, 1.54) is 18.2 Å². The van der Waals surface area contributed by atoms with E-state index in [0.717, 1.165) is 0 Å². The Morgan fingerprint density at radius 1 is 1.00 bits per heavy atom. The van der Waals surface area contributed by atoms with Gasteiger partial charge in [-0.25, -0.2) is 0 Å². The third-order valence-electron chi connectivity index (χ3n) is 4.36. The molecule has 6 nitrogen and oxygen atoms in total. The van der Waals surface area contributed by atoms with Crippen molar-refractivity contribution in [3.8, 4) is 11.5 Å². The number of carbonyl (C=O) groups is 2. The van der Waals surface area contributed by atoms with E-state index in [0.29, 0.717) is 31.5 Å². The van der Waals surface area contributed by atoms with E-state index in [1.807, 2.05) is 0 Å². The maximum absolute atomic E-state index is 12.4. The molecule has 2 aromatic rings. The van der Waals surface area contributed by atoms with E-state index in [9.17, 15) is 19.8 Å². The average molecular weight is 340 g/mol. The van der Waals surface area contributed by atoms with Crippen LogP contribution in [0.5, 0.6) is 11.5 Å². The van der Waals surface area contributed by atoms with Crippen molar-refractivity contribution in [1.29, 1.82) is 0 Å². The van der Waals surface area contributed by atoms with Crippen LogP contribution < -0.4 is 5.32 Å². The van der Waals surface area contributed by atoms with Crippen molar-refractivity contribution in [1.82, 2.24) is 10.2 Å². The third kappa shape index (κ3) is 3.91. The largest absolute Gasteiger partial charge is 0.508 e. The van der Waals surface area contributed by atoms with Crippen molar-refractivity contribution in [2.75, 3.05) is 13.1 Å². The standard InChI is InChI=1S/C19H20N2O4/c22-15-5-3-4-13(12-15)19(25)21-10-8-14(9-11-21)20-18(24)16-6-1-2-7-17(16)23/h1-7,12,14,22-23H,8-11H2,(H,20,24). The summed E-state index contributed by atoms with van der Waals surface area (Å²) in [6.07, 6.45) is 1.29. The van der Waals surface area contributed by atoms with Crippen LogP contribution in [0, 0.1) is 0 Å². The van der Waals surface area contributed by atoms with Gasteiger partial charge in [0, 0.05) is 24.7 Å². The fourth-order valence-corrected chi connectivity index (χ4v) is 2.98. The molecule has 0 bridgehead atoms. The topological polar surface area (TPSA) is 89.9 Å². The highest BCUT2D eigenvalue weighted by molar-refractivity contribution is 5.97. The molecule has 3 rings (SSSR count). The number of benzene rings is 2. The molecule has 130 valence electrons. The molecule has 2 amide bonds. The summed E-state index contributed by atoms with van der Waals surface area (Å²) in [6.45, 7) is 1.06. The summed E-state index contributed by atoms with van der Waals surface area (Å²) >= 11 is 0. The second-order valence-corrected chi connectivity index (χ2v) is 6.11. The first-order valence-electron chi connectivity index (χ1n) is 8.22. The van der Waals surface area contributed by atoms with Gasteiger partial charge < -0.3 is 20.4 Å². The molecule has 3 N–H and O–H groups in total. The molecule has 1 saturated heterocycles. The van der Waals surface area contributed by atoms with Gasteiger partial charge in [-0.15, -0.1) is 0 Å². The molecule has 0 aromatic heterocycles. The first-order chi connectivity index (χ1) is 12.0. The number of hydrogen-bond acceptors (Lipinski definition) is 4.